The van der Waals surface area contributed by atoms with Gasteiger partial charge < -0.3 is 5.32 Å². The Kier molecular flexibility index (Phi) is 4.32. The molecule has 2 heterocycles. The van der Waals surface area contributed by atoms with Crippen molar-refractivity contribution in [2.45, 2.75) is 13.0 Å². The molecule has 0 bridgehead atoms. The first-order chi connectivity index (χ1) is 13.5. The summed E-state index contributed by atoms with van der Waals surface area (Å²) in [6.07, 6.45) is 2.02. The van der Waals surface area contributed by atoms with E-state index in [0.717, 1.165) is 11.3 Å². The summed E-state index contributed by atoms with van der Waals surface area (Å²) in [6, 6.07) is 15.1. The number of hydrogen-bond donors (Lipinski definition) is 2. The van der Waals surface area contributed by atoms with Crippen molar-refractivity contribution in [3.8, 4) is 0 Å². The average molecular weight is 376 g/mol. The summed E-state index contributed by atoms with van der Waals surface area (Å²) < 4.78 is 1.69. The lowest BCUT2D eigenvalue weighted by Crippen LogP contribution is -2.19. The van der Waals surface area contributed by atoms with E-state index in [-0.39, 0.29) is 23.2 Å². The van der Waals surface area contributed by atoms with Crippen LogP contribution in [0.1, 0.15) is 28.9 Å². The van der Waals surface area contributed by atoms with E-state index in [0.29, 0.717) is 5.95 Å². The molecule has 9 nitrogen and oxygen atoms in total. The van der Waals surface area contributed by atoms with Gasteiger partial charge in [0.25, 0.3) is 17.5 Å². The first-order valence-electron chi connectivity index (χ1n) is 8.54. The van der Waals surface area contributed by atoms with Crippen molar-refractivity contribution >= 4 is 23.5 Å². The molecule has 1 atom stereocenters. The Morgan fingerprint density at radius 1 is 1.21 bits per heavy atom. The Labute approximate surface area is 159 Å². The number of amides is 1. The lowest BCUT2D eigenvalue weighted by atomic mass is 10.1. The third kappa shape index (κ3) is 3.32. The Bertz CT molecular complexity index is 1090. The lowest BCUT2D eigenvalue weighted by molar-refractivity contribution is -0.384. The van der Waals surface area contributed by atoms with Crippen molar-refractivity contribution in [1.82, 2.24) is 14.8 Å². The molecular formula is C19H16N6O3. The van der Waals surface area contributed by atoms with Crippen LogP contribution in [0, 0.1) is 10.1 Å². The molecule has 1 unspecified atom stereocenters. The molecule has 0 aliphatic carbocycles. The number of hydrogen-bond acceptors (Lipinski definition) is 6. The van der Waals surface area contributed by atoms with Crippen LogP contribution in [0.5, 0.6) is 0 Å². The van der Waals surface area contributed by atoms with E-state index in [2.05, 4.69) is 20.7 Å². The highest BCUT2D eigenvalue weighted by Crippen LogP contribution is 2.29. The number of allylic oxidation sites excluding steroid dienone is 2. The number of carbonyl (C=O) groups is 1. The van der Waals surface area contributed by atoms with E-state index in [1.165, 1.54) is 24.3 Å². The quantitative estimate of drug-likeness (QED) is 0.533. The number of aromatic nitrogens is 3. The van der Waals surface area contributed by atoms with E-state index < -0.39 is 10.8 Å². The first-order valence-corrected chi connectivity index (χ1v) is 8.54. The number of carbonyl (C=O) groups excluding carboxylic acids is 1. The maximum Gasteiger partial charge on any atom is 0.270 e. The van der Waals surface area contributed by atoms with Crippen LogP contribution < -0.4 is 10.6 Å². The second kappa shape index (κ2) is 6.95. The van der Waals surface area contributed by atoms with Gasteiger partial charge in [-0.15, -0.1) is 5.10 Å². The SMILES string of the molecule is CC1=CC(c2ccccc2)n2nc(NC(=O)c3cccc([N+](=O)[O-])c3)nc2N1. The van der Waals surface area contributed by atoms with Gasteiger partial charge in [-0.1, -0.05) is 36.4 Å². The maximum absolute atomic E-state index is 12.5. The van der Waals surface area contributed by atoms with E-state index in [4.69, 9.17) is 0 Å². The van der Waals surface area contributed by atoms with Gasteiger partial charge in [0.05, 0.1) is 4.92 Å². The van der Waals surface area contributed by atoms with Crippen molar-refractivity contribution in [3.05, 3.63) is 87.6 Å². The molecule has 1 aromatic heterocycles. The monoisotopic (exact) mass is 376 g/mol. The molecule has 1 aliphatic heterocycles. The normalized spacial score (nSPS) is 15.2. The highest BCUT2D eigenvalue weighted by Gasteiger charge is 2.24. The minimum Gasteiger partial charge on any atom is -0.329 e. The van der Waals surface area contributed by atoms with Gasteiger partial charge >= 0.3 is 0 Å². The summed E-state index contributed by atoms with van der Waals surface area (Å²) >= 11 is 0. The number of rotatable bonds is 4. The van der Waals surface area contributed by atoms with Crippen molar-refractivity contribution in [1.29, 1.82) is 0 Å². The fourth-order valence-electron chi connectivity index (χ4n) is 3.00. The molecule has 0 spiro atoms. The minimum absolute atomic E-state index is 0.114. The molecule has 3 aromatic rings. The number of nitro benzene ring substituents is 1. The molecule has 0 saturated carbocycles. The van der Waals surface area contributed by atoms with Crippen molar-refractivity contribution in [2.24, 2.45) is 0 Å². The van der Waals surface area contributed by atoms with Crippen LogP contribution >= 0.6 is 0 Å². The van der Waals surface area contributed by atoms with Gasteiger partial charge in [0.2, 0.25) is 5.95 Å². The van der Waals surface area contributed by atoms with Gasteiger partial charge in [0, 0.05) is 23.4 Å². The average Bonchev–Trinajstić information content (AvgIpc) is 3.10. The predicted molar refractivity (Wildman–Crippen MR) is 103 cm³/mol. The Morgan fingerprint density at radius 2 is 2.00 bits per heavy atom. The molecule has 1 amide bonds. The van der Waals surface area contributed by atoms with Gasteiger partial charge in [-0.25, -0.2) is 4.68 Å². The molecule has 2 N–H and O–H groups in total. The number of anilines is 2. The zero-order valence-corrected chi connectivity index (χ0v) is 14.9. The molecule has 0 radical (unpaired) electrons. The highest BCUT2D eigenvalue weighted by atomic mass is 16.6. The molecule has 2 aromatic carbocycles. The van der Waals surface area contributed by atoms with Crippen molar-refractivity contribution in [3.63, 3.8) is 0 Å². The summed E-state index contributed by atoms with van der Waals surface area (Å²) in [4.78, 5) is 27.1. The number of fused-ring (bicyclic) bond motifs is 1. The van der Waals surface area contributed by atoms with Crippen LogP contribution in [0.2, 0.25) is 0 Å². The van der Waals surface area contributed by atoms with Gasteiger partial charge in [-0.2, -0.15) is 4.98 Å². The highest BCUT2D eigenvalue weighted by molar-refractivity contribution is 6.03. The topological polar surface area (TPSA) is 115 Å². The zero-order chi connectivity index (χ0) is 19.7. The lowest BCUT2D eigenvalue weighted by Gasteiger charge is -2.22. The van der Waals surface area contributed by atoms with Crippen molar-refractivity contribution < 1.29 is 9.72 Å². The summed E-state index contributed by atoms with van der Waals surface area (Å²) in [7, 11) is 0. The molecule has 0 saturated heterocycles. The summed E-state index contributed by atoms with van der Waals surface area (Å²) in [6.45, 7) is 1.93. The second-order valence-corrected chi connectivity index (χ2v) is 6.30. The molecular weight excluding hydrogens is 360 g/mol. The number of nitrogens with zero attached hydrogens (tertiary/aromatic N) is 4. The van der Waals surface area contributed by atoms with Gasteiger partial charge in [0.15, 0.2) is 0 Å². The smallest absolute Gasteiger partial charge is 0.270 e. The van der Waals surface area contributed by atoms with Gasteiger partial charge in [-0.05, 0) is 24.6 Å². The molecule has 28 heavy (non-hydrogen) atoms. The third-order valence-electron chi connectivity index (χ3n) is 4.30. The number of nitrogens with one attached hydrogen (secondary N) is 2. The van der Waals surface area contributed by atoms with Crippen LogP contribution in [-0.4, -0.2) is 25.6 Å². The Morgan fingerprint density at radius 3 is 2.75 bits per heavy atom. The fraction of sp³-hybridized carbons (Fsp3) is 0.105. The standard InChI is InChI=1S/C19H16N6O3/c1-12-10-16(13-6-3-2-4-7-13)24-19(20-12)22-18(23-24)21-17(26)14-8-5-9-15(11-14)25(27)28/h2-11,16H,1H3,(H2,20,21,22,23,26). The van der Waals surface area contributed by atoms with E-state index in [1.54, 1.807) is 4.68 Å². The third-order valence-corrected chi connectivity index (χ3v) is 4.30. The van der Waals surface area contributed by atoms with Gasteiger partial charge in [-0.3, -0.25) is 20.2 Å². The van der Waals surface area contributed by atoms with Crippen LogP contribution in [0.4, 0.5) is 17.6 Å². The van der Waals surface area contributed by atoms with Gasteiger partial charge in [0.1, 0.15) is 6.04 Å². The van der Waals surface area contributed by atoms with Crippen molar-refractivity contribution in [2.75, 3.05) is 10.6 Å². The number of non-ortho nitro benzene ring substituents is 1. The Hall–Kier alpha value is -4.01. The molecule has 0 fully saturated rings. The van der Waals surface area contributed by atoms with Crippen LogP contribution in [-0.2, 0) is 0 Å². The molecule has 1 aliphatic rings. The van der Waals surface area contributed by atoms with E-state index >= 15 is 0 Å². The second-order valence-electron chi connectivity index (χ2n) is 6.30. The van der Waals surface area contributed by atoms with Crippen LogP contribution in [0.3, 0.4) is 0 Å². The van der Waals surface area contributed by atoms with E-state index in [9.17, 15) is 14.9 Å². The Balaban J connectivity index is 1.61. The maximum atomic E-state index is 12.5. The van der Waals surface area contributed by atoms with Crippen LogP contribution in [0.25, 0.3) is 0 Å². The van der Waals surface area contributed by atoms with E-state index in [1.807, 2.05) is 43.3 Å². The minimum atomic E-state index is -0.548. The molecule has 4 rings (SSSR count). The predicted octanol–water partition coefficient (Wildman–Crippen LogP) is 3.36. The largest absolute Gasteiger partial charge is 0.329 e. The first kappa shape index (κ1) is 17.4. The van der Waals surface area contributed by atoms with Crippen LogP contribution in [0.15, 0.2) is 66.4 Å². The fourth-order valence-corrected chi connectivity index (χ4v) is 3.00. The number of nitro groups is 1. The summed E-state index contributed by atoms with van der Waals surface area (Å²) in [5.41, 5.74) is 1.95. The summed E-state index contributed by atoms with van der Waals surface area (Å²) in [5.74, 6) is 0.0961. The molecule has 9 heteroatoms. The number of benzene rings is 2. The molecule has 140 valence electrons. The summed E-state index contributed by atoms with van der Waals surface area (Å²) in [5, 5.41) is 21.0. The zero-order valence-electron chi connectivity index (χ0n) is 14.9.